The van der Waals surface area contributed by atoms with Crippen LogP contribution < -0.4 is 15.6 Å². The second-order valence-electron chi connectivity index (χ2n) is 8.29. The highest BCUT2D eigenvalue weighted by Crippen LogP contribution is 2.31. The molecule has 0 spiro atoms. The predicted molar refractivity (Wildman–Crippen MR) is 132 cm³/mol. The van der Waals surface area contributed by atoms with Gasteiger partial charge in [-0.25, -0.2) is 10.4 Å². The van der Waals surface area contributed by atoms with Gasteiger partial charge in [0.05, 0.1) is 19.4 Å². The molecule has 2 aromatic heterocycles. The summed E-state index contributed by atoms with van der Waals surface area (Å²) in [5.74, 6) is 0.888. The first kappa shape index (κ1) is 22.6. The number of hydrogen-bond donors (Lipinski definition) is 2. The monoisotopic (exact) mass is 481 g/mol. The summed E-state index contributed by atoms with van der Waals surface area (Å²) in [6.07, 6.45) is 3.34. The molecule has 11 heteroatoms. The number of amides is 1. The molecule has 2 saturated heterocycles. The van der Waals surface area contributed by atoms with Gasteiger partial charge in [0, 0.05) is 32.3 Å². The number of thiazole rings is 1. The van der Waals surface area contributed by atoms with Gasteiger partial charge in [-0.2, -0.15) is 15.1 Å². The third-order valence-electron chi connectivity index (χ3n) is 5.72. The van der Waals surface area contributed by atoms with Crippen LogP contribution in [0.15, 0.2) is 29.4 Å². The number of carbonyl (C=O) groups is 1. The molecule has 0 unspecified atom stereocenters. The van der Waals surface area contributed by atoms with Gasteiger partial charge in [0.2, 0.25) is 5.95 Å². The number of aryl methyl sites for hydroxylation is 1. The number of morpholine rings is 1. The van der Waals surface area contributed by atoms with E-state index in [1.54, 1.807) is 6.21 Å². The standard InChI is InChI=1S/C23H27N7O3S/c1-15-3-2-4-16(13-15)14-24-29-23-27-19-18(20(28-23)30-7-11-33-12-8-30)34-22(26-19)21(31)25-17-5-9-32-10-6-17/h2-4,13-14,17H,5-12H2,1H3,(H,25,31)(H,27,28,29)/b24-14+. The first-order chi connectivity index (χ1) is 16.7. The minimum absolute atomic E-state index is 0.103. The number of ether oxygens (including phenoxy) is 2. The van der Waals surface area contributed by atoms with Crippen molar-refractivity contribution in [3.63, 3.8) is 0 Å². The molecular formula is C23H27N7O3S. The lowest BCUT2D eigenvalue weighted by Gasteiger charge is -2.28. The largest absolute Gasteiger partial charge is 0.381 e. The third kappa shape index (κ3) is 5.32. The lowest BCUT2D eigenvalue weighted by atomic mass is 10.1. The summed E-state index contributed by atoms with van der Waals surface area (Å²) in [4.78, 5) is 28.8. The van der Waals surface area contributed by atoms with Gasteiger partial charge in [-0.3, -0.25) is 4.79 Å². The van der Waals surface area contributed by atoms with Gasteiger partial charge in [0.15, 0.2) is 16.5 Å². The number of rotatable bonds is 6. The summed E-state index contributed by atoms with van der Waals surface area (Å²) in [6.45, 7) is 6.02. The molecule has 0 saturated carbocycles. The van der Waals surface area contributed by atoms with E-state index in [0.717, 1.165) is 34.5 Å². The maximum atomic E-state index is 12.9. The van der Waals surface area contributed by atoms with E-state index >= 15 is 0 Å². The summed E-state index contributed by atoms with van der Waals surface area (Å²) < 4.78 is 11.7. The Morgan fingerprint density at radius 3 is 2.74 bits per heavy atom. The van der Waals surface area contributed by atoms with Gasteiger partial charge in [0.25, 0.3) is 5.91 Å². The third-order valence-corrected chi connectivity index (χ3v) is 6.76. The van der Waals surface area contributed by atoms with Crippen molar-refractivity contribution in [2.45, 2.75) is 25.8 Å². The van der Waals surface area contributed by atoms with Crippen molar-refractivity contribution in [3.8, 4) is 0 Å². The van der Waals surface area contributed by atoms with E-state index in [-0.39, 0.29) is 11.9 Å². The number of nitrogens with one attached hydrogen (secondary N) is 2. The van der Waals surface area contributed by atoms with Crippen LogP contribution in [-0.4, -0.2) is 72.6 Å². The zero-order valence-corrected chi connectivity index (χ0v) is 19.8. The molecular weight excluding hydrogens is 454 g/mol. The summed E-state index contributed by atoms with van der Waals surface area (Å²) in [5, 5.41) is 7.76. The van der Waals surface area contributed by atoms with E-state index in [0.29, 0.717) is 56.1 Å². The molecule has 0 bridgehead atoms. The lowest BCUT2D eigenvalue weighted by molar-refractivity contribution is 0.0696. The van der Waals surface area contributed by atoms with Crippen LogP contribution in [0.1, 0.15) is 33.8 Å². The minimum atomic E-state index is -0.185. The fourth-order valence-corrected chi connectivity index (χ4v) is 4.88. The fourth-order valence-electron chi connectivity index (χ4n) is 3.95. The molecule has 1 amide bonds. The van der Waals surface area contributed by atoms with Crippen LogP contribution >= 0.6 is 11.3 Å². The summed E-state index contributed by atoms with van der Waals surface area (Å²) in [6, 6.07) is 8.14. The lowest BCUT2D eigenvalue weighted by Crippen LogP contribution is -2.38. The van der Waals surface area contributed by atoms with Crippen molar-refractivity contribution in [1.29, 1.82) is 0 Å². The van der Waals surface area contributed by atoms with Crippen molar-refractivity contribution in [2.24, 2.45) is 5.10 Å². The van der Waals surface area contributed by atoms with Crippen LogP contribution in [0.5, 0.6) is 0 Å². The molecule has 2 aliphatic heterocycles. The molecule has 2 N–H and O–H groups in total. The topological polar surface area (TPSA) is 114 Å². The van der Waals surface area contributed by atoms with E-state index in [2.05, 4.69) is 30.7 Å². The van der Waals surface area contributed by atoms with Crippen LogP contribution in [0.3, 0.4) is 0 Å². The van der Waals surface area contributed by atoms with Crippen molar-refractivity contribution >= 4 is 45.6 Å². The molecule has 10 nitrogen and oxygen atoms in total. The predicted octanol–water partition coefficient (Wildman–Crippen LogP) is 2.59. The highest BCUT2D eigenvalue weighted by Gasteiger charge is 2.24. The number of carbonyl (C=O) groups excluding carboxylic acids is 1. The second-order valence-corrected chi connectivity index (χ2v) is 9.29. The zero-order valence-electron chi connectivity index (χ0n) is 19.0. The first-order valence-corrected chi connectivity index (χ1v) is 12.2. The van der Waals surface area contributed by atoms with Gasteiger partial charge in [-0.15, -0.1) is 11.3 Å². The van der Waals surface area contributed by atoms with Gasteiger partial charge >= 0.3 is 0 Å². The molecule has 3 aromatic rings. The SMILES string of the molecule is Cc1cccc(/C=N/Nc2nc(N3CCOCC3)c3sc(C(=O)NC4CCOCC4)nc3n2)c1. The normalized spacial score (nSPS) is 17.4. The highest BCUT2D eigenvalue weighted by molar-refractivity contribution is 7.20. The average Bonchev–Trinajstić information content (AvgIpc) is 3.29. The Hall–Kier alpha value is -3.15. The van der Waals surface area contributed by atoms with Crippen molar-refractivity contribution in [3.05, 3.63) is 40.4 Å². The van der Waals surface area contributed by atoms with Crippen LogP contribution in [0, 0.1) is 6.92 Å². The minimum Gasteiger partial charge on any atom is -0.381 e. The Labute approximate surface area is 201 Å². The van der Waals surface area contributed by atoms with Crippen LogP contribution in [0.2, 0.25) is 0 Å². The van der Waals surface area contributed by atoms with Crippen molar-refractivity contribution < 1.29 is 14.3 Å². The number of anilines is 2. The number of benzene rings is 1. The molecule has 5 rings (SSSR count). The number of aromatic nitrogens is 3. The van der Waals surface area contributed by atoms with E-state index in [9.17, 15) is 4.79 Å². The Morgan fingerprint density at radius 1 is 1.15 bits per heavy atom. The Bertz CT molecular complexity index is 1190. The molecule has 34 heavy (non-hydrogen) atoms. The smallest absolute Gasteiger partial charge is 0.280 e. The average molecular weight is 482 g/mol. The summed E-state index contributed by atoms with van der Waals surface area (Å²) in [5.41, 5.74) is 5.54. The number of hydrogen-bond acceptors (Lipinski definition) is 10. The molecule has 2 aliphatic rings. The van der Waals surface area contributed by atoms with Crippen molar-refractivity contribution in [2.75, 3.05) is 49.8 Å². The fraction of sp³-hybridized carbons (Fsp3) is 0.435. The van der Waals surface area contributed by atoms with E-state index in [1.165, 1.54) is 11.3 Å². The molecule has 178 valence electrons. The molecule has 0 radical (unpaired) electrons. The molecule has 0 atom stereocenters. The first-order valence-electron chi connectivity index (χ1n) is 11.4. The molecule has 2 fully saturated rings. The number of nitrogens with zero attached hydrogens (tertiary/aromatic N) is 5. The van der Waals surface area contributed by atoms with Crippen molar-refractivity contribution in [1.82, 2.24) is 20.3 Å². The van der Waals surface area contributed by atoms with Gasteiger partial charge in [-0.05, 0) is 25.3 Å². The van der Waals surface area contributed by atoms with Gasteiger partial charge < -0.3 is 19.7 Å². The highest BCUT2D eigenvalue weighted by atomic mass is 32.1. The van der Waals surface area contributed by atoms with Gasteiger partial charge in [0.1, 0.15) is 4.70 Å². The van der Waals surface area contributed by atoms with E-state index in [4.69, 9.17) is 14.5 Å². The number of fused-ring (bicyclic) bond motifs is 1. The Morgan fingerprint density at radius 2 is 1.94 bits per heavy atom. The van der Waals surface area contributed by atoms with E-state index in [1.807, 2.05) is 31.2 Å². The second kappa shape index (κ2) is 10.4. The quantitative estimate of drug-likeness (QED) is 0.408. The molecule has 0 aliphatic carbocycles. The Kier molecular flexibility index (Phi) is 6.93. The summed E-state index contributed by atoms with van der Waals surface area (Å²) in [7, 11) is 0. The zero-order chi connectivity index (χ0) is 23.3. The Balaban J connectivity index is 1.41. The molecule has 1 aromatic carbocycles. The van der Waals surface area contributed by atoms with Gasteiger partial charge in [-0.1, -0.05) is 29.8 Å². The van der Waals surface area contributed by atoms with E-state index < -0.39 is 0 Å². The van der Waals surface area contributed by atoms with Crippen LogP contribution in [0.4, 0.5) is 11.8 Å². The maximum Gasteiger partial charge on any atom is 0.280 e. The summed E-state index contributed by atoms with van der Waals surface area (Å²) >= 11 is 1.32. The van der Waals surface area contributed by atoms with Crippen LogP contribution in [-0.2, 0) is 9.47 Å². The maximum absolute atomic E-state index is 12.9. The molecule has 4 heterocycles. The number of hydrazone groups is 1. The van der Waals surface area contributed by atoms with Crippen LogP contribution in [0.25, 0.3) is 10.3 Å².